The minimum absolute atomic E-state index is 0.0327. The van der Waals surface area contributed by atoms with E-state index in [9.17, 15) is 14.4 Å². The largest absolute Gasteiger partial charge is 0.379 e. The van der Waals surface area contributed by atoms with Gasteiger partial charge in [-0.15, -0.1) is 11.3 Å². The Labute approximate surface area is 180 Å². The molecule has 0 bridgehead atoms. The van der Waals surface area contributed by atoms with Crippen molar-refractivity contribution in [1.29, 1.82) is 0 Å². The molecule has 0 radical (unpaired) electrons. The highest BCUT2D eigenvalue weighted by atomic mass is 79.9. The molecule has 2 fully saturated rings. The Kier molecular flexibility index (Phi) is 5.98. The predicted molar refractivity (Wildman–Crippen MR) is 114 cm³/mol. The standard InChI is InChI=1S/C20H20BrN3O4S/c21-17-6-5-16(29-17)20(27)22-13-11-19(26)24(12-13)15-3-1-14(2-4-15)23-8-10-28-9-7-18(23)25/h1-6,13H,7-12H2,(H,22,27)/t13-/m1/s1. The number of rotatable bonds is 4. The molecule has 2 aliphatic rings. The lowest BCUT2D eigenvalue weighted by Gasteiger charge is -2.22. The maximum atomic E-state index is 12.5. The first-order chi connectivity index (χ1) is 14.0. The number of carbonyl (C=O) groups is 3. The SMILES string of the molecule is O=C(N[C@@H]1CC(=O)N(c2ccc(N3CCOCCC3=O)cc2)C1)c1ccc(Br)s1. The Balaban J connectivity index is 1.41. The second kappa shape index (κ2) is 8.64. The van der Waals surface area contributed by atoms with E-state index in [-0.39, 0.29) is 30.2 Å². The van der Waals surface area contributed by atoms with Gasteiger partial charge in [0.1, 0.15) is 0 Å². The second-order valence-electron chi connectivity index (χ2n) is 6.91. The number of hydrogen-bond acceptors (Lipinski definition) is 5. The highest BCUT2D eigenvalue weighted by Crippen LogP contribution is 2.26. The normalized spacial score (nSPS) is 20.1. The van der Waals surface area contributed by atoms with E-state index in [4.69, 9.17) is 4.74 Å². The number of amides is 3. The number of carbonyl (C=O) groups excluding carboxylic acids is 3. The van der Waals surface area contributed by atoms with E-state index in [2.05, 4.69) is 21.2 Å². The molecule has 0 unspecified atom stereocenters. The van der Waals surface area contributed by atoms with E-state index in [0.29, 0.717) is 37.6 Å². The number of nitrogens with one attached hydrogen (secondary N) is 1. The molecule has 152 valence electrons. The first-order valence-corrected chi connectivity index (χ1v) is 11.0. The summed E-state index contributed by atoms with van der Waals surface area (Å²) >= 11 is 4.71. The summed E-state index contributed by atoms with van der Waals surface area (Å²) < 4.78 is 6.25. The molecule has 1 aromatic carbocycles. The fraction of sp³-hybridized carbons (Fsp3) is 0.350. The molecule has 0 saturated carbocycles. The topological polar surface area (TPSA) is 79.0 Å². The Morgan fingerprint density at radius 1 is 1.03 bits per heavy atom. The third kappa shape index (κ3) is 4.52. The Morgan fingerprint density at radius 3 is 2.45 bits per heavy atom. The number of halogens is 1. The number of hydrogen-bond donors (Lipinski definition) is 1. The summed E-state index contributed by atoms with van der Waals surface area (Å²) in [7, 11) is 0. The van der Waals surface area contributed by atoms with Crippen molar-refractivity contribution in [3.8, 4) is 0 Å². The molecule has 4 rings (SSSR count). The molecule has 1 N–H and O–H groups in total. The van der Waals surface area contributed by atoms with Crippen LogP contribution in [0, 0.1) is 0 Å². The number of benzene rings is 1. The molecule has 2 aromatic rings. The molecule has 9 heteroatoms. The van der Waals surface area contributed by atoms with E-state index >= 15 is 0 Å². The minimum Gasteiger partial charge on any atom is -0.379 e. The fourth-order valence-corrected chi connectivity index (χ4v) is 4.80. The molecule has 2 aliphatic heterocycles. The first kappa shape index (κ1) is 20.1. The number of ether oxygens (including phenoxy) is 1. The maximum absolute atomic E-state index is 12.5. The van der Waals surface area contributed by atoms with Gasteiger partial charge < -0.3 is 19.9 Å². The van der Waals surface area contributed by atoms with E-state index in [1.807, 2.05) is 30.3 Å². The molecule has 3 heterocycles. The van der Waals surface area contributed by atoms with Crippen molar-refractivity contribution in [3.05, 3.63) is 45.1 Å². The molecular formula is C20H20BrN3O4S. The number of nitrogens with zero attached hydrogens (tertiary/aromatic N) is 2. The average molecular weight is 478 g/mol. The van der Waals surface area contributed by atoms with Gasteiger partial charge in [0.05, 0.1) is 34.3 Å². The lowest BCUT2D eigenvalue weighted by Crippen LogP contribution is -2.36. The van der Waals surface area contributed by atoms with Gasteiger partial charge in [0, 0.05) is 30.9 Å². The summed E-state index contributed by atoms with van der Waals surface area (Å²) in [4.78, 5) is 41.0. The van der Waals surface area contributed by atoms with E-state index in [0.717, 1.165) is 15.2 Å². The van der Waals surface area contributed by atoms with Crippen molar-refractivity contribution >= 4 is 56.4 Å². The van der Waals surface area contributed by atoms with E-state index in [1.165, 1.54) is 11.3 Å². The molecule has 2 saturated heterocycles. The van der Waals surface area contributed by atoms with Crippen molar-refractivity contribution in [2.24, 2.45) is 0 Å². The summed E-state index contributed by atoms with van der Waals surface area (Å²) in [5.41, 5.74) is 1.55. The van der Waals surface area contributed by atoms with Crippen molar-refractivity contribution in [1.82, 2.24) is 5.32 Å². The quantitative estimate of drug-likeness (QED) is 0.733. The van der Waals surface area contributed by atoms with Gasteiger partial charge in [0.25, 0.3) is 5.91 Å². The van der Waals surface area contributed by atoms with Crippen LogP contribution in [-0.4, -0.2) is 50.1 Å². The van der Waals surface area contributed by atoms with Gasteiger partial charge in [-0.1, -0.05) is 0 Å². The highest BCUT2D eigenvalue weighted by molar-refractivity contribution is 9.11. The smallest absolute Gasteiger partial charge is 0.261 e. The van der Waals surface area contributed by atoms with E-state index < -0.39 is 0 Å². The molecule has 1 aromatic heterocycles. The predicted octanol–water partition coefficient (Wildman–Crippen LogP) is 2.80. The van der Waals surface area contributed by atoms with Crippen LogP contribution in [0.1, 0.15) is 22.5 Å². The van der Waals surface area contributed by atoms with Gasteiger partial charge in [0.15, 0.2) is 0 Å². The van der Waals surface area contributed by atoms with Crippen LogP contribution in [0.5, 0.6) is 0 Å². The Morgan fingerprint density at radius 2 is 1.76 bits per heavy atom. The summed E-state index contributed by atoms with van der Waals surface area (Å²) in [6.07, 6.45) is 0.635. The van der Waals surface area contributed by atoms with Crippen LogP contribution in [0.3, 0.4) is 0 Å². The molecule has 0 spiro atoms. The zero-order valence-electron chi connectivity index (χ0n) is 15.6. The van der Waals surface area contributed by atoms with E-state index in [1.54, 1.807) is 15.9 Å². The van der Waals surface area contributed by atoms with Crippen LogP contribution in [0.2, 0.25) is 0 Å². The van der Waals surface area contributed by atoms with Crippen LogP contribution < -0.4 is 15.1 Å². The first-order valence-electron chi connectivity index (χ1n) is 9.36. The zero-order valence-corrected chi connectivity index (χ0v) is 18.0. The van der Waals surface area contributed by atoms with Crippen molar-refractivity contribution in [3.63, 3.8) is 0 Å². The molecule has 0 aliphatic carbocycles. The highest BCUT2D eigenvalue weighted by Gasteiger charge is 2.32. The van der Waals surface area contributed by atoms with Gasteiger partial charge in [-0.2, -0.15) is 0 Å². The third-order valence-corrected chi connectivity index (χ3v) is 6.57. The molecule has 29 heavy (non-hydrogen) atoms. The maximum Gasteiger partial charge on any atom is 0.261 e. The van der Waals surface area contributed by atoms with Crippen molar-refractivity contribution in [2.75, 3.05) is 36.1 Å². The van der Waals surface area contributed by atoms with Crippen LogP contribution in [0.4, 0.5) is 11.4 Å². The van der Waals surface area contributed by atoms with Gasteiger partial charge in [0.2, 0.25) is 11.8 Å². The molecule has 1 atom stereocenters. The Bertz CT molecular complexity index is 930. The fourth-order valence-electron chi connectivity index (χ4n) is 3.51. The zero-order chi connectivity index (χ0) is 20.4. The van der Waals surface area contributed by atoms with Gasteiger partial charge >= 0.3 is 0 Å². The summed E-state index contributed by atoms with van der Waals surface area (Å²) in [6, 6.07) is 10.7. The minimum atomic E-state index is -0.236. The summed E-state index contributed by atoms with van der Waals surface area (Å²) in [5.74, 6) is -0.164. The van der Waals surface area contributed by atoms with Crippen LogP contribution >= 0.6 is 27.3 Å². The second-order valence-corrected chi connectivity index (χ2v) is 9.37. The van der Waals surface area contributed by atoms with Crippen LogP contribution in [0.15, 0.2) is 40.2 Å². The molecular weight excluding hydrogens is 458 g/mol. The van der Waals surface area contributed by atoms with Crippen LogP contribution in [-0.2, 0) is 14.3 Å². The number of thiophene rings is 1. The van der Waals surface area contributed by atoms with Gasteiger partial charge in [-0.25, -0.2) is 0 Å². The van der Waals surface area contributed by atoms with Crippen LogP contribution in [0.25, 0.3) is 0 Å². The monoisotopic (exact) mass is 477 g/mol. The average Bonchev–Trinajstić information content (AvgIpc) is 3.23. The number of anilines is 2. The van der Waals surface area contributed by atoms with Gasteiger partial charge in [-0.3, -0.25) is 14.4 Å². The lowest BCUT2D eigenvalue weighted by atomic mass is 10.2. The van der Waals surface area contributed by atoms with Crippen molar-refractivity contribution < 1.29 is 19.1 Å². The van der Waals surface area contributed by atoms with Crippen molar-refractivity contribution in [2.45, 2.75) is 18.9 Å². The Hall–Kier alpha value is -2.23. The molecule has 7 nitrogen and oxygen atoms in total. The molecule has 3 amide bonds. The van der Waals surface area contributed by atoms with Gasteiger partial charge in [-0.05, 0) is 52.3 Å². The summed E-state index contributed by atoms with van der Waals surface area (Å²) in [5, 5.41) is 2.94. The third-order valence-electron chi connectivity index (χ3n) is 4.95. The summed E-state index contributed by atoms with van der Waals surface area (Å²) in [6.45, 7) is 1.91. The lowest BCUT2D eigenvalue weighted by molar-refractivity contribution is -0.119.